The number of amides is 2. The maximum Gasteiger partial charge on any atom is 0.243 e. The standard InChI is InChI=1S/C29H31Cl2FN2O2S/c1-3-20(2)33-29(36)27(16-21-9-5-4-6-10-21)34(17-23-11-7-8-12-26(23)32)28(35)19-37-18-22-13-14-24(30)25(31)15-22/h4-15,20,27H,3,16-19H2,1-2H3,(H,33,36)/t20-,27+/m0/s1. The van der Waals surface area contributed by atoms with E-state index in [0.29, 0.717) is 27.8 Å². The van der Waals surface area contributed by atoms with Crippen LogP contribution in [0.3, 0.4) is 0 Å². The molecule has 0 aliphatic rings. The van der Waals surface area contributed by atoms with Crippen molar-refractivity contribution < 1.29 is 14.0 Å². The topological polar surface area (TPSA) is 49.4 Å². The molecular weight excluding hydrogens is 530 g/mol. The van der Waals surface area contributed by atoms with E-state index in [-0.39, 0.29) is 30.2 Å². The van der Waals surface area contributed by atoms with Crippen LogP contribution in [-0.4, -0.2) is 34.6 Å². The molecule has 0 fully saturated rings. The van der Waals surface area contributed by atoms with Crippen molar-refractivity contribution in [2.75, 3.05) is 5.75 Å². The molecule has 3 aromatic carbocycles. The molecule has 0 saturated carbocycles. The first kappa shape index (κ1) is 29.0. The van der Waals surface area contributed by atoms with Gasteiger partial charge in [-0.15, -0.1) is 11.8 Å². The van der Waals surface area contributed by atoms with Gasteiger partial charge in [0.05, 0.1) is 15.8 Å². The highest BCUT2D eigenvalue weighted by Crippen LogP contribution is 2.25. The van der Waals surface area contributed by atoms with Gasteiger partial charge in [0.2, 0.25) is 11.8 Å². The summed E-state index contributed by atoms with van der Waals surface area (Å²) in [7, 11) is 0. The Kier molecular flexibility index (Phi) is 11.3. The molecule has 2 amide bonds. The van der Waals surface area contributed by atoms with Gasteiger partial charge in [0.1, 0.15) is 11.9 Å². The zero-order valence-electron chi connectivity index (χ0n) is 20.9. The first-order chi connectivity index (χ1) is 17.8. The van der Waals surface area contributed by atoms with Gasteiger partial charge in [-0.3, -0.25) is 9.59 Å². The summed E-state index contributed by atoms with van der Waals surface area (Å²) >= 11 is 13.5. The molecule has 3 aromatic rings. The van der Waals surface area contributed by atoms with E-state index >= 15 is 0 Å². The van der Waals surface area contributed by atoms with Gasteiger partial charge in [0, 0.05) is 30.3 Å². The average Bonchev–Trinajstić information content (AvgIpc) is 2.89. The summed E-state index contributed by atoms with van der Waals surface area (Å²) in [4.78, 5) is 28.6. The fourth-order valence-electron chi connectivity index (χ4n) is 3.77. The Morgan fingerprint density at radius 3 is 2.35 bits per heavy atom. The number of carbonyl (C=O) groups is 2. The van der Waals surface area contributed by atoms with Crippen LogP contribution in [-0.2, 0) is 28.3 Å². The molecule has 2 atom stereocenters. The molecule has 37 heavy (non-hydrogen) atoms. The highest BCUT2D eigenvalue weighted by molar-refractivity contribution is 7.99. The first-order valence-electron chi connectivity index (χ1n) is 12.2. The quantitative estimate of drug-likeness (QED) is 0.261. The maximum atomic E-state index is 14.6. The Morgan fingerprint density at radius 1 is 0.973 bits per heavy atom. The van der Waals surface area contributed by atoms with E-state index in [4.69, 9.17) is 23.2 Å². The molecule has 0 aromatic heterocycles. The lowest BCUT2D eigenvalue weighted by Gasteiger charge is -2.32. The van der Waals surface area contributed by atoms with Crippen molar-refractivity contribution in [3.63, 3.8) is 0 Å². The number of carbonyl (C=O) groups excluding carboxylic acids is 2. The molecule has 0 heterocycles. The zero-order chi connectivity index (χ0) is 26.8. The van der Waals surface area contributed by atoms with Crippen LogP contribution in [0.4, 0.5) is 4.39 Å². The lowest BCUT2D eigenvalue weighted by molar-refractivity contribution is -0.139. The van der Waals surface area contributed by atoms with Crippen LogP contribution < -0.4 is 5.32 Å². The van der Waals surface area contributed by atoms with Gasteiger partial charge in [-0.2, -0.15) is 0 Å². The van der Waals surface area contributed by atoms with Gasteiger partial charge in [0.25, 0.3) is 0 Å². The minimum Gasteiger partial charge on any atom is -0.352 e. The van der Waals surface area contributed by atoms with Gasteiger partial charge in [-0.1, -0.05) is 84.7 Å². The Balaban J connectivity index is 1.86. The van der Waals surface area contributed by atoms with Gasteiger partial charge in [0.15, 0.2) is 0 Å². The van der Waals surface area contributed by atoms with E-state index in [2.05, 4.69) is 5.32 Å². The Hall–Kier alpha value is -2.54. The average molecular weight is 562 g/mol. The lowest BCUT2D eigenvalue weighted by Crippen LogP contribution is -2.52. The molecule has 3 rings (SSSR count). The molecule has 0 bridgehead atoms. The van der Waals surface area contributed by atoms with Gasteiger partial charge in [-0.05, 0) is 42.7 Å². The molecule has 0 spiro atoms. The van der Waals surface area contributed by atoms with Crippen molar-refractivity contribution >= 4 is 46.8 Å². The maximum absolute atomic E-state index is 14.6. The van der Waals surface area contributed by atoms with Crippen molar-refractivity contribution in [2.45, 2.75) is 51.1 Å². The van der Waals surface area contributed by atoms with E-state index in [1.165, 1.54) is 22.7 Å². The second-order valence-electron chi connectivity index (χ2n) is 8.88. The predicted octanol–water partition coefficient (Wildman–Crippen LogP) is 6.92. The minimum absolute atomic E-state index is 0.00966. The molecule has 0 saturated heterocycles. The molecule has 0 radical (unpaired) electrons. The SMILES string of the molecule is CC[C@H](C)NC(=O)[C@@H](Cc1ccccc1)N(Cc1ccccc1F)C(=O)CSCc1ccc(Cl)c(Cl)c1. The molecule has 8 heteroatoms. The summed E-state index contributed by atoms with van der Waals surface area (Å²) in [6.07, 6.45) is 1.07. The van der Waals surface area contributed by atoms with Crippen LogP contribution in [0.2, 0.25) is 10.0 Å². The minimum atomic E-state index is -0.797. The molecule has 0 aliphatic heterocycles. The number of nitrogens with zero attached hydrogens (tertiary/aromatic N) is 1. The van der Waals surface area contributed by atoms with Crippen molar-refractivity contribution in [3.8, 4) is 0 Å². The van der Waals surface area contributed by atoms with Crippen LogP contribution in [0.25, 0.3) is 0 Å². The van der Waals surface area contributed by atoms with E-state index in [1.807, 2.05) is 50.2 Å². The smallest absolute Gasteiger partial charge is 0.243 e. The normalized spacial score (nSPS) is 12.6. The molecule has 0 unspecified atom stereocenters. The van der Waals surface area contributed by atoms with Gasteiger partial charge < -0.3 is 10.2 Å². The van der Waals surface area contributed by atoms with Crippen LogP contribution >= 0.6 is 35.0 Å². The van der Waals surface area contributed by atoms with E-state index in [0.717, 1.165) is 17.5 Å². The Morgan fingerprint density at radius 2 is 1.68 bits per heavy atom. The molecule has 196 valence electrons. The van der Waals surface area contributed by atoms with Gasteiger partial charge >= 0.3 is 0 Å². The highest BCUT2D eigenvalue weighted by Gasteiger charge is 2.31. The van der Waals surface area contributed by atoms with E-state index in [1.54, 1.807) is 30.3 Å². The number of rotatable bonds is 12. The number of hydrogen-bond donors (Lipinski definition) is 1. The number of benzene rings is 3. The summed E-state index contributed by atoms with van der Waals surface area (Å²) in [5.41, 5.74) is 2.21. The van der Waals surface area contributed by atoms with Crippen LogP contribution in [0.5, 0.6) is 0 Å². The summed E-state index contributed by atoms with van der Waals surface area (Å²) in [6.45, 7) is 3.90. The van der Waals surface area contributed by atoms with Crippen molar-refractivity contribution in [1.82, 2.24) is 10.2 Å². The molecule has 4 nitrogen and oxygen atoms in total. The summed E-state index contributed by atoms with van der Waals surface area (Å²) in [5, 5.41) is 3.94. The third-order valence-corrected chi connectivity index (χ3v) is 7.78. The van der Waals surface area contributed by atoms with Crippen LogP contribution in [0, 0.1) is 5.82 Å². The number of halogens is 3. The fourth-order valence-corrected chi connectivity index (χ4v) is 4.95. The van der Waals surface area contributed by atoms with Crippen molar-refractivity contribution in [1.29, 1.82) is 0 Å². The second-order valence-corrected chi connectivity index (χ2v) is 10.7. The second kappa shape index (κ2) is 14.4. The summed E-state index contributed by atoms with van der Waals surface area (Å²) in [5.74, 6) is -0.245. The van der Waals surface area contributed by atoms with Crippen LogP contribution in [0.15, 0.2) is 72.8 Å². The molecule has 0 aliphatic carbocycles. The third kappa shape index (κ3) is 8.77. The largest absolute Gasteiger partial charge is 0.352 e. The first-order valence-corrected chi connectivity index (χ1v) is 14.1. The Labute approximate surface area is 232 Å². The van der Waals surface area contributed by atoms with Crippen molar-refractivity contribution in [2.24, 2.45) is 0 Å². The lowest BCUT2D eigenvalue weighted by atomic mass is 10.0. The fraction of sp³-hybridized carbons (Fsp3) is 0.310. The summed E-state index contributed by atoms with van der Waals surface area (Å²) < 4.78 is 14.6. The highest BCUT2D eigenvalue weighted by atomic mass is 35.5. The molecule has 1 N–H and O–H groups in total. The number of hydrogen-bond acceptors (Lipinski definition) is 3. The van der Waals surface area contributed by atoms with Gasteiger partial charge in [-0.25, -0.2) is 4.39 Å². The van der Waals surface area contributed by atoms with Crippen molar-refractivity contribution in [3.05, 3.63) is 105 Å². The predicted molar refractivity (Wildman–Crippen MR) is 151 cm³/mol. The third-order valence-electron chi connectivity index (χ3n) is 6.05. The van der Waals surface area contributed by atoms with Crippen LogP contribution in [0.1, 0.15) is 37.0 Å². The van der Waals surface area contributed by atoms with E-state index in [9.17, 15) is 14.0 Å². The van der Waals surface area contributed by atoms with E-state index < -0.39 is 11.9 Å². The molecular formula is C29H31Cl2FN2O2S. The summed E-state index contributed by atoms with van der Waals surface area (Å²) in [6, 6.07) is 20.4. The number of nitrogens with one attached hydrogen (secondary N) is 1. The number of thioether (sulfide) groups is 1. The monoisotopic (exact) mass is 560 g/mol. The Bertz CT molecular complexity index is 1200. The zero-order valence-corrected chi connectivity index (χ0v) is 23.3.